The van der Waals surface area contributed by atoms with Crippen molar-refractivity contribution in [1.29, 1.82) is 0 Å². The molecule has 1 aromatic heterocycles. The maximum atomic E-state index is 12.7. The molecule has 1 heterocycles. The molecule has 0 fully saturated rings. The van der Waals surface area contributed by atoms with Gasteiger partial charge in [0.15, 0.2) is 18.2 Å². The minimum atomic E-state index is -0.776. The molecule has 0 radical (unpaired) electrons. The highest BCUT2D eigenvalue weighted by molar-refractivity contribution is 9.10. The fraction of sp³-hybridized carbons (Fsp3) is 0.120. The van der Waals surface area contributed by atoms with Crippen LogP contribution in [0.1, 0.15) is 27.9 Å². The van der Waals surface area contributed by atoms with Gasteiger partial charge in [-0.15, -0.1) is 5.10 Å². The van der Waals surface area contributed by atoms with Gasteiger partial charge in [-0.1, -0.05) is 58.4 Å². The molecule has 0 saturated heterocycles. The molecule has 0 N–H and O–H groups in total. The molecule has 166 valence electrons. The Hall–Kier alpha value is -3.78. The lowest BCUT2D eigenvalue weighted by Crippen LogP contribution is -2.15. The Kier molecular flexibility index (Phi) is 6.95. The second-order valence-corrected chi connectivity index (χ2v) is 7.89. The Morgan fingerprint density at radius 1 is 0.939 bits per heavy atom. The summed E-state index contributed by atoms with van der Waals surface area (Å²) in [6, 6.07) is 23.4. The summed E-state index contributed by atoms with van der Waals surface area (Å²) in [6.07, 6.45) is 0. The second kappa shape index (κ2) is 10.2. The molecule has 0 amide bonds. The van der Waals surface area contributed by atoms with Crippen LogP contribution in [0.2, 0.25) is 0 Å². The zero-order valence-electron chi connectivity index (χ0n) is 17.8. The number of benzene rings is 3. The highest BCUT2D eigenvalue weighted by Gasteiger charge is 2.21. The van der Waals surface area contributed by atoms with Crippen molar-refractivity contribution in [3.05, 3.63) is 94.7 Å². The summed E-state index contributed by atoms with van der Waals surface area (Å²) in [5.41, 5.74) is 1.93. The van der Waals surface area contributed by atoms with Crippen molar-refractivity contribution >= 4 is 27.7 Å². The van der Waals surface area contributed by atoms with Gasteiger partial charge in [0.25, 0.3) is 5.82 Å². The number of aromatic nitrogens is 3. The molecule has 0 atom stereocenters. The molecule has 7 nitrogen and oxygen atoms in total. The van der Waals surface area contributed by atoms with E-state index < -0.39 is 12.6 Å². The third kappa shape index (κ3) is 5.35. The van der Waals surface area contributed by atoms with Gasteiger partial charge in [-0.25, -0.2) is 14.5 Å². The van der Waals surface area contributed by atoms with Crippen LogP contribution < -0.4 is 4.74 Å². The smallest absolute Gasteiger partial charge is 0.378 e. The summed E-state index contributed by atoms with van der Waals surface area (Å²) in [5, 5.41) is 4.37. The molecular formula is C25H20BrN3O4. The number of hydrogen-bond donors (Lipinski definition) is 0. The molecule has 3 aromatic carbocycles. The summed E-state index contributed by atoms with van der Waals surface area (Å²) in [7, 11) is 0. The standard InChI is InChI=1S/C25H20BrN3O4/c1-2-32-21-14-12-20(13-15-21)29-24(18-8-10-19(26)11-9-18)27-23(28-29)25(31)33-16-22(30)17-6-4-3-5-7-17/h3-15H,2,16H2,1H3. The SMILES string of the molecule is CCOc1ccc(-n2nc(C(=O)OCC(=O)c3ccccc3)nc2-c2ccc(Br)cc2)cc1. The first-order chi connectivity index (χ1) is 16.0. The first kappa shape index (κ1) is 22.4. The third-order valence-electron chi connectivity index (χ3n) is 4.71. The molecule has 0 aliphatic carbocycles. The van der Waals surface area contributed by atoms with Crippen molar-refractivity contribution in [2.24, 2.45) is 0 Å². The van der Waals surface area contributed by atoms with Crippen molar-refractivity contribution < 1.29 is 19.1 Å². The first-order valence-electron chi connectivity index (χ1n) is 10.3. The van der Waals surface area contributed by atoms with E-state index in [1.54, 1.807) is 28.9 Å². The Balaban J connectivity index is 1.62. The minimum absolute atomic E-state index is 0.136. The zero-order valence-corrected chi connectivity index (χ0v) is 19.4. The van der Waals surface area contributed by atoms with Crippen molar-refractivity contribution in [2.75, 3.05) is 13.2 Å². The van der Waals surface area contributed by atoms with Crippen LogP contribution in [-0.2, 0) is 4.74 Å². The topological polar surface area (TPSA) is 83.3 Å². The van der Waals surface area contributed by atoms with Gasteiger partial charge in [0.1, 0.15) is 5.75 Å². The lowest BCUT2D eigenvalue weighted by Gasteiger charge is -2.08. The van der Waals surface area contributed by atoms with E-state index in [0.29, 0.717) is 23.7 Å². The largest absolute Gasteiger partial charge is 0.494 e. The molecule has 0 saturated carbocycles. The number of ether oxygens (including phenoxy) is 2. The van der Waals surface area contributed by atoms with Gasteiger partial charge in [0.05, 0.1) is 12.3 Å². The van der Waals surface area contributed by atoms with Gasteiger partial charge in [0, 0.05) is 15.6 Å². The van der Waals surface area contributed by atoms with Crippen LogP contribution in [0.3, 0.4) is 0 Å². The number of ketones is 1. The van der Waals surface area contributed by atoms with Gasteiger partial charge in [-0.2, -0.15) is 0 Å². The van der Waals surface area contributed by atoms with Gasteiger partial charge < -0.3 is 9.47 Å². The number of hydrogen-bond acceptors (Lipinski definition) is 6. The van der Waals surface area contributed by atoms with Gasteiger partial charge >= 0.3 is 5.97 Å². The number of esters is 1. The quantitative estimate of drug-likeness (QED) is 0.243. The first-order valence-corrected chi connectivity index (χ1v) is 11.1. The monoisotopic (exact) mass is 505 g/mol. The van der Waals surface area contributed by atoms with E-state index in [-0.39, 0.29) is 11.6 Å². The normalized spacial score (nSPS) is 10.6. The predicted octanol–water partition coefficient (Wildman–Crippen LogP) is 5.14. The summed E-state index contributed by atoms with van der Waals surface area (Å²) >= 11 is 3.42. The summed E-state index contributed by atoms with van der Waals surface area (Å²) < 4.78 is 13.2. The maximum Gasteiger partial charge on any atom is 0.378 e. The maximum absolute atomic E-state index is 12.7. The Bertz CT molecular complexity index is 1250. The molecule has 0 aliphatic heterocycles. The van der Waals surface area contributed by atoms with E-state index in [1.807, 2.05) is 61.5 Å². The lowest BCUT2D eigenvalue weighted by atomic mass is 10.1. The van der Waals surface area contributed by atoms with Crippen LogP contribution in [0.25, 0.3) is 17.1 Å². The van der Waals surface area contributed by atoms with Gasteiger partial charge in [0.2, 0.25) is 0 Å². The van der Waals surface area contributed by atoms with Crippen LogP contribution in [-0.4, -0.2) is 39.7 Å². The number of carbonyl (C=O) groups excluding carboxylic acids is 2. The number of nitrogens with zero attached hydrogens (tertiary/aromatic N) is 3. The second-order valence-electron chi connectivity index (χ2n) is 6.97. The van der Waals surface area contributed by atoms with E-state index in [1.165, 1.54) is 0 Å². The molecule has 4 rings (SSSR count). The Morgan fingerprint density at radius 2 is 1.64 bits per heavy atom. The van der Waals surface area contributed by atoms with Crippen LogP contribution >= 0.6 is 15.9 Å². The number of carbonyl (C=O) groups is 2. The highest BCUT2D eigenvalue weighted by atomic mass is 79.9. The molecule has 0 unspecified atom stereocenters. The van der Waals surface area contributed by atoms with Crippen LogP contribution in [0, 0.1) is 0 Å². The fourth-order valence-corrected chi connectivity index (χ4v) is 3.38. The zero-order chi connectivity index (χ0) is 23.2. The summed E-state index contributed by atoms with van der Waals surface area (Å²) in [6.45, 7) is 2.08. The predicted molar refractivity (Wildman–Crippen MR) is 127 cm³/mol. The number of Topliss-reactive ketones (excluding diaryl/α,β-unsaturated/α-hetero) is 1. The summed E-state index contributed by atoms with van der Waals surface area (Å²) in [4.78, 5) is 29.4. The Labute approximate surface area is 199 Å². The van der Waals surface area contributed by atoms with Gasteiger partial charge in [-0.3, -0.25) is 4.79 Å². The third-order valence-corrected chi connectivity index (χ3v) is 5.24. The molecule has 0 aliphatic rings. The van der Waals surface area contributed by atoms with E-state index in [2.05, 4.69) is 26.0 Å². The molecule has 0 spiro atoms. The van der Waals surface area contributed by atoms with Crippen molar-refractivity contribution in [1.82, 2.24) is 14.8 Å². The molecular weight excluding hydrogens is 486 g/mol. The molecule has 0 bridgehead atoms. The van der Waals surface area contributed by atoms with Crippen molar-refractivity contribution in [3.63, 3.8) is 0 Å². The average Bonchev–Trinajstić information content (AvgIpc) is 3.29. The highest BCUT2D eigenvalue weighted by Crippen LogP contribution is 2.24. The van der Waals surface area contributed by atoms with E-state index in [4.69, 9.17) is 9.47 Å². The van der Waals surface area contributed by atoms with E-state index >= 15 is 0 Å². The van der Waals surface area contributed by atoms with Crippen molar-refractivity contribution in [3.8, 4) is 22.8 Å². The van der Waals surface area contributed by atoms with E-state index in [0.717, 1.165) is 15.8 Å². The Morgan fingerprint density at radius 3 is 2.30 bits per heavy atom. The average molecular weight is 506 g/mol. The van der Waals surface area contributed by atoms with Crippen LogP contribution in [0.5, 0.6) is 5.75 Å². The molecule has 33 heavy (non-hydrogen) atoms. The fourth-order valence-electron chi connectivity index (χ4n) is 3.12. The number of rotatable bonds is 8. The van der Waals surface area contributed by atoms with Crippen molar-refractivity contribution in [2.45, 2.75) is 6.92 Å². The van der Waals surface area contributed by atoms with Crippen LogP contribution in [0.15, 0.2) is 83.3 Å². The van der Waals surface area contributed by atoms with E-state index in [9.17, 15) is 9.59 Å². The van der Waals surface area contributed by atoms with Crippen LogP contribution in [0.4, 0.5) is 0 Å². The van der Waals surface area contributed by atoms with Gasteiger partial charge in [-0.05, 0) is 43.3 Å². The number of halogens is 1. The minimum Gasteiger partial charge on any atom is -0.494 e. The molecule has 8 heteroatoms. The lowest BCUT2D eigenvalue weighted by molar-refractivity contribution is 0.0462. The summed E-state index contributed by atoms with van der Waals surface area (Å²) in [5.74, 6) is -0.0216. The molecule has 4 aromatic rings.